The lowest BCUT2D eigenvalue weighted by atomic mass is 10.2. The molecule has 2 aromatic rings. The summed E-state index contributed by atoms with van der Waals surface area (Å²) >= 11 is 7.33. The standard InChI is InChI=1S/C19H19ClF3NO2S/c1-11-5-7-14(10-17(11)27-12(2)18(25)24(3)4)26-16-8-6-13(9-15(16)20)19(21,22)23/h5-10,12H,1-4H3. The largest absolute Gasteiger partial charge is 0.456 e. The number of benzene rings is 2. The van der Waals surface area contributed by atoms with Crippen molar-refractivity contribution in [1.82, 2.24) is 4.90 Å². The van der Waals surface area contributed by atoms with E-state index in [1.54, 1.807) is 26.2 Å². The molecule has 3 nitrogen and oxygen atoms in total. The van der Waals surface area contributed by atoms with Gasteiger partial charge in [0, 0.05) is 19.0 Å². The first-order valence-corrected chi connectivity index (χ1v) is 9.28. The van der Waals surface area contributed by atoms with Crippen molar-refractivity contribution in [3.63, 3.8) is 0 Å². The fraction of sp³-hybridized carbons (Fsp3) is 0.316. The summed E-state index contributed by atoms with van der Waals surface area (Å²) in [5, 5.41) is -0.417. The molecule has 2 aromatic carbocycles. The van der Waals surface area contributed by atoms with Gasteiger partial charge in [-0.15, -0.1) is 11.8 Å². The normalized spacial score (nSPS) is 12.6. The summed E-state index contributed by atoms with van der Waals surface area (Å²) in [6.07, 6.45) is -4.47. The van der Waals surface area contributed by atoms with Crippen molar-refractivity contribution < 1.29 is 22.7 Å². The molecule has 0 aliphatic carbocycles. The van der Waals surface area contributed by atoms with Gasteiger partial charge in [0.05, 0.1) is 15.8 Å². The highest BCUT2D eigenvalue weighted by molar-refractivity contribution is 8.00. The molecule has 27 heavy (non-hydrogen) atoms. The number of alkyl halides is 3. The molecule has 0 aromatic heterocycles. The first-order valence-electron chi connectivity index (χ1n) is 8.02. The summed E-state index contributed by atoms with van der Waals surface area (Å²) in [5.41, 5.74) is 0.125. The number of hydrogen-bond donors (Lipinski definition) is 0. The molecular weight excluding hydrogens is 399 g/mol. The number of ether oxygens (including phenoxy) is 1. The molecule has 1 atom stereocenters. The second-order valence-corrected chi connectivity index (χ2v) is 7.95. The van der Waals surface area contributed by atoms with E-state index in [9.17, 15) is 18.0 Å². The number of carbonyl (C=O) groups excluding carboxylic acids is 1. The van der Waals surface area contributed by atoms with Crippen LogP contribution < -0.4 is 4.74 Å². The van der Waals surface area contributed by atoms with Crippen LogP contribution in [-0.4, -0.2) is 30.2 Å². The number of nitrogens with zero attached hydrogens (tertiary/aromatic N) is 1. The molecule has 0 radical (unpaired) electrons. The van der Waals surface area contributed by atoms with E-state index in [0.29, 0.717) is 5.75 Å². The zero-order chi connectivity index (χ0) is 20.4. The molecule has 0 heterocycles. The maximum atomic E-state index is 12.7. The van der Waals surface area contributed by atoms with Crippen molar-refractivity contribution in [3.8, 4) is 11.5 Å². The number of thioether (sulfide) groups is 1. The van der Waals surface area contributed by atoms with Crippen LogP contribution >= 0.6 is 23.4 Å². The quantitative estimate of drug-likeness (QED) is 0.556. The highest BCUT2D eigenvalue weighted by Crippen LogP contribution is 2.38. The number of halogens is 4. The van der Waals surface area contributed by atoms with Gasteiger partial charge in [-0.05, 0) is 49.7 Å². The summed E-state index contributed by atoms with van der Waals surface area (Å²) in [6.45, 7) is 3.72. The second kappa shape index (κ2) is 8.44. The van der Waals surface area contributed by atoms with Gasteiger partial charge < -0.3 is 9.64 Å². The van der Waals surface area contributed by atoms with Gasteiger partial charge in [-0.3, -0.25) is 4.79 Å². The Morgan fingerprint density at radius 2 is 1.85 bits per heavy atom. The molecule has 0 saturated carbocycles. The van der Waals surface area contributed by atoms with E-state index in [2.05, 4.69) is 0 Å². The summed E-state index contributed by atoms with van der Waals surface area (Å²) < 4.78 is 43.9. The van der Waals surface area contributed by atoms with Crippen LogP contribution in [0.2, 0.25) is 5.02 Å². The minimum Gasteiger partial charge on any atom is -0.456 e. The zero-order valence-corrected chi connectivity index (χ0v) is 16.8. The summed E-state index contributed by atoms with van der Waals surface area (Å²) in [5.74, 6) is 0.535. The highest BCUT2D eigenvalue weighted by atomic mass is 35.5. The Hall–Kier alpha value is -1.86. The number of amides is 1. The molecule has 146 valence electrons. The Labute approximate surface area is 165 Å². The summed E-state index contributed by atoms with van der Waals surface area (Å²) in [7, 11) is 3.39. The number of rotatable bonds is 5. The molecule has 0 spiro atoms. The van der Waals surface area contributed by atoms with Crippen molar-refractivity contribution in [2.45, 2.75) is 30.2 Å². The van der Waals surface area contributed by atoms with Crippen LogP contribution in [0.25, 0.3) is 0 Å². The van der Waals surface area contributed by atoms with E-state index in [1.807, 2.05) is 19.9 Å². The lowest BCUT2D eigenvalue weighted by Crippen LogP contribution is -2.29. The van der Waals surface area contributed by atoms with E-state index in [1.165, 1.54) is 22.7 Å². The van der Waals surface area contributed by atoms with Crippen molar-refractivity contribution >= 4 is 29.3 Å². The molecule has 0 saturated heterocycles. The Kier molecular flexibility index (Phi) is 6.70. The molecule has 0 fully saturated rings. The topological polar surface area (TPSA) is 29.5 Å². The fourth-order valence-corrected chi connectivity index (χ4v) is 3.61. The molecule has 1 unspecified atom stereocenters. The smallest absolute Gasteiger partial charge is 0.416 e. The van der Waals surface area contributed by atoms with Crippen LogP contribution in [0, 0.1) is 6.92 Å². The third-order valence-corrected chi connectivity index (χ3v) is 5.28. The average molecular weight is 418 g/mol. The molecule has 1 amide bonds. The third kappa shape index (κ3) is 5.56. The summed E-state index contributed by atoms with van der Waals surface area (Å²) in [6, 6.07) is 8.21. The predicted molar refractivity (Wildman–Crippen MR) is 102 cm³/mol. The van der Waals surface area contributed by atoms with Gasteiger partial charge in [0.15, 0.2) is 0 Å². The lowest BCUT2D eigenvalue weighted by Gasteiger charge is -2.18. The Morgan fingerprint density at radius 3 is 2.41 bits per heavy atom. The molecule has 0 N–H and O–H groups in total. The highest BCUT2D eigenvalue weighted by Gasteiger charge is 2.31. The van der Waals surface area contributed by atoms with E-state index in [0.717, 1.165) is 22.6 Å². The van der Waals surface area contributed by atoms with Crippen LogP contribution in [0.5, 0.6) is 11.5 Å². The first-order chi connectivity index (χ1) is 12.5. The Morgan fingerprint density at radius 1 is 1.19 bits per heavy atom. The number of aryl methyl sites for hydroxylation is 1. The average Bonchev–Trinajstić information content (AvgIpc) is 2.57. The van der Waals surface area contributed by atoms with Gasteiger partial charge in [0.25, 0.3) is 0 Å². The van der Waals surface area contributed by atoms with E-state index >= 15 is 0 Å². The number of carbonyl (C=O) groups is 1. The van der Waals surface area contributed by atoms with Gasteiger partial charge in [-0.25, -0.2) is 0 Å². The monoisotopic (exact) mass is 417 g/mol. The molecular formula is C19H19ClF3NO2S. The minimum absolute atomic E-state index is 0.0171. The maximum Gasteiger partial charge on any atom is 0.416 e. The fourth-order valence-electron chi connectivity index (χ4n) is 2.26. The molecule has 0 bridgehead atoms. The predicted octanol–water partition coefficient (Wildman–Crippen LogP) is 6.03. The van der Waals surface area contributed by atoms with Crippen LogP contribution in [-0.2, 0) is 11.0 Å². The van der Waals surface area contributed by atoms with Gasteiger partial charge in [0.1, 0.15) is 11.5 Å². The SMILES string of the molecule is Cc1ccc(Oc2ccc(C(F)(F)F)cc2Cl)cc1SC(C)C(=O)N(C)C. The van der Waals surface area contributed by atoms with Crippen molar-refractivity contribution in [2.24, 2.45) is 0 Å². The first kappa shape index (κ1) is 21.4. The van der Waals surface area contributed by atoms with Crippen LogP contribution in [0.3, 0.4) is 0 Å². The molecule has 2 rings (SSSR count). The van der Waals surface area contributed by atoms with Gasteiger partial charge >= 0.3 is 6.18 Å². The van der Waals surface area contributed by atoms with Crippen molar-refractivity contribution in [3.05, 3.63) is 52.5 Å². The summed E-state index contributed by atoms with van der Waals surface area (Å²) in [4.78, 5) is 14.4. The maximum absolute atomic E-state index is 12.7. The molecule has 0 aliphatic rings. The Balaban J connectivity index is 2.22. The van der Waals surface area contributed by atoms with Crippen LogP contribution in [0.1, 0.15) is 18.1 Å². The van der Waals surface area contributed by atoms with E-state index < -0.39 is 11.7 Å². The van der Waals surface area contributed by atoms with Gasteiger partial charge in [0.2, 0.25) is 5.91 Å². The van der Waals surface area contributed by atoms with Crippen molar-refractivity contribution in [1.29, 1.82) is 0 Å². The minimum atomic E-state index is -4.47. The van der Waals surface area contributed by atoms with Gasteiger partial charge in [-0.1, -0.05) is 17.7 Å². The molecule has 0 aliphatic heterocycles. The van der Waals surface area contributed by atoms with Crippen LogP contribution in [0.15, 0.2) is 41.3 Å². The third-order valence-electron chi connectivity index (χ3n) is 3.74. The van der Waals surface area contributed by atoms with Crippen LogP contribution in [0.4, 0.5) is 13.2 Å². The lowest BCUT2D eigenvalue weighted by molar-refractivity contribution is -0.137. The van der Waals surface area contributed by atoms with Crippen molar-refractivity contribution in [2.75, 3.05) is 14.1 Å². The second-order valence-electron chi connectivity index (χ2n) is 6.17. The van der Waals surface area contributed by atoms with E-state index in [4.69, 9.17) is 16.3 Å². The zero-order valence-electron chi connectivity index (χ0n) is 15.2. The van der Waals surface area contributed by atoms with E-state index in [-0.39, 0.29) is 21.9 Å². The van der Waals surface area contributed by atoms with Gasteiger partial charge in [-0.2, -0.15) is 13.2 Å². The Bertz CT molecular complexity index is 840. The number of hydrogen-bond acceptors (Lipinski definition) is 3. The molecule has 8 heteroatoms.